The summed E-state index contributed by atoms with van der Waals surface area (Å²) in [5.41, 5.74) is 1.14. The van der Waals surface area contributed by atoms with Gasteiger partial charge in [-0.1, -0.05) is 30.0 Å². The molecule has 3 nitrogen and oxygen atoms in total. The number of aliphatic imine (C=N–C) groups is 1. The van der Waals surface area contributed by atoms with Crippen molar-refractivity contribution in [3.63, 3.8) is 0 Å². The van der Waals surface area contributed by atoms with Crippen molar-refractivity contribution >= 4 is 27.8 Å². The molecule has 0 saturated heterocycles. The van der Waals surface area contributed by atoms with E-state index in [9.17, 15) is 0 Å². The Morgan fingerprint density at radius 1 is 1.27 bits per heavy atom. The van der Waals surface area contributed by atoms with Crippen LogP contribution in [0, 0.1) is 0 Å². The van der Waals surface area contributed by atoms with Crippen molar-refractivity contribution < 1.29 is 0 Å². The fourth-order valence-corrected chi connectivity index (χ4v) is 2.61. The maximum Gasteiger partial charge on any atom is 0.184 e. The van der Waals surface area contributed by atoms with E-state index in [1.807, 2.05) is 23.0 Å². The zero-order valence-electron chi connectivity index (χ0n) is 8.26. The van der Waals surface area contributed by atoms with Crippen LogP contribution in [0.2, 0.25) is 0 Å². The minimum atomic E-state index is 0.927. The van der Waals surface area contributed by atoms with E-state index >= 15 is 0 Å². The third kappa shape index (κ3) is 1.55. The van der Waals surface area contributed by atoms with Gasteiger partial charge in [-0.25, -0.2) is 4.68 Å². The van der Waals surface area contributed by atoms with E-state index in [4.69, 9.17) is 0 Å². The number of hydrogen-bond acceptors (Lipinski definition) is 3. The number of thioether (sulfide) groups is 1. The Morgan fingerprint density at radius 3 is 3.07 bits per heavy atom. The Bertz CT molecular complexity index is 515. The van der Waals surface area contributed by atoms with E-state index in [2.05, 4.69) is 22.2 Å². The normalized spacial score (nSPS) is 16.7. The average Bonchev–Trinajstić information content (AvgIpc) is 2.74. The second kappa shape index (κ2) is 3.70. The average molecular weight is 217 g/mol. The summed E-state index contributed by atoms with van der Waals surface area (Å²) in [7, 11) is 0. The molecule has 76 valence electrons. The van der Waals surface area contributed by atoms with E-state index in [0.717, 1.165) is 23.0 Å². The van der Waals surface area contributed by atoms with E-state index in [1.54, 1.807) is 11.8 Å². The molecule has 0 radical (unpaired) electrons. The maximum absolute atomic E-state index is 4.50. The van der Waals surface area contributed by atoms with Crippen LogP contribution in [0.4, 0.5) is 0 Å². The molecule has 1 aromatic carbocycles. The first kappa shape index (κ1) is 8.97. The molecule has 1 aliphatic heterocycles. The predicted molar refractivity (Wildman–Crippen MR) is 64.5 cm³/mol. The largest absolute Gasteiger partial charge is 0.261 e. The molecule has 0 bridgehead atoms. The Morgan fingerprint density at radius 2 is 2.20 bits per heavy atom. The number of hydrogen-bond donors (Lipinski definition) is 0. The highest BCUT2D eigenvalue weighted by Gasteiger charge is 2.11. The first-order valence-electron chi connectivity index (χ1n) is 5.05. The number of para-hydroxylation sites is 1. The summed E-state index contributed by atoms with van der Waals surface area (Å²) in [6.07, 6.45) is 3.07. The fourth-order valence-electron chi connectivity index (χ4n) is 1.70. The zero-order valence-corrected chi connectivity index (χ0v) is 9.07. The van der Waals surface area contributed by atoms with E-state index in [1.165, 1.54) is 11.8 Å². The van der Waals surface area contributed by atoms with Crippen molar-refractivity contribution in [3.8, 4) is 0 Å². The van der Waals surface area contributed by atoms with Gasteiger partial charge in [-0.3, -0.25) is 4.99 Å². The van der Waals surface area contributed by atoms with Crippen molar-refractivity contribution in [2.45, 2.75) is 6.42 Å². The summed E-state index contributed by atoms with van der Waals surface area (Å²) in [6.45, 7) is 0.927. The molecule has 0 spiro atoms. The highest BCUT2D eigenvalue weighted by atomic mass is 32.2. The predicted octanol–water partition coefficient (Wildman–Crippen LogP) is 2.38. The summed E-state index contributed by atoms with van der Waals surface area (Å²) >= 11 is 1.79. The monoisotopic (exact) mass is 217 g/mol. The maximum atomic E-state index is 4.50. The summed E-state index contributed by atoms with van der Waals surface area (Å²) in [5.74, 6) is 1.15. The van der Waals surface area contributed by atoms with Crippen LogP contribution in [-0.2, 0) is 0 Å². The van der Waals surface area contributed by atoms with Gasteiger partial charge in [0.15, 0.2) is 5.17 Å². The minimum Gasteiger partial charge on any atom is -0.261 e. The zero-order chi connectivity index (χ0) is 10.1. The number of aromatic nitrogens is 2. The second-order valence-electron chi connectivity index (χ2n) is 3.48. The highest BCUT2D eigenvalue weighted by Crippen LogP contribution is 2.19. The van der Waals surface area contributed by atoms with Gasteiger partial charge >= 0.3 is 0 Å². The molecule has 0 saturated carbocycles. The molecule has 2 aromatic rings. The Balaban J connectivity index is 2.14. The van der Waals surface area contributed by atoms with Crippen LogP contribution in [0.25, 0.3) is 10.9 Å². The van der Waals surface area contributed by atoms with Gasteiger partial charge in [-0.05, 0) is 12.5 Å². The number of nitrogens with zero attached hydrogens (tertiary/aromatic N) is 3. The smallest absolute Gasteiger partial charge is 0.184 e. The lowest BCUT2D eigenvalue weighted by Gasteiger charge is -2.11. The van der Waals surface area contributed by atoms with Crippen LogP contribution in [0.3, 0.4) is 0 Å². The molecular weight excluding hydrogens is 206 g/mol. The van der Waals surface area contributed by atoms with Gasteiger partial charge in [0.1, 0.15) is 0 Å². The minimum absolute atomic E-state index is 0.927. The molecule has 0 fully saturated rings. The quantitative estimate of drug-likeness (QED) is 0.678. The van der Waals surface area contributed by atoms with Crippen LogP contribution in [0.1, 0.15) is 6.42 Å². The molecule has 1 aromatic heterocycles. The molecule has 3 rings (SSSR count). The van der Waals surface area contributed by atoms with E-state index in [0.29, 0.717) is 0 Å². The van der Waals surface area contributed by atoms with Crippen molar-refractivity contribution in [1.82, 2.24) is 9.78 Å². The van der Waals surface area contributed by atoms with Crippen LogP contribution in [0.5, 0.6) is 0 Å². The van der Waals surface area contributed by atoms with Gasteiger partial charge in [0.2, 0.25) is 0 Å². The second-order valence-corrected chi connectivity index (χ2v) is 4.54. The van der Waals surface area contributed by atoms with Crippen LogP contribution < -0.4 is 0 Å². The lowest BCUT2D eigenvalue weighted by Crippen LogP contribution is -2.14. The molecule has 0 atom stereocenters. The molecule has 2 heterocycles. The summed E-state index contributed by atoms with van der Waals surface area (Å²) in [6, 6.07) is 8.23. The first-order valence-corrected chi connectivity index (χ1v) is 6.04. The summed E-state index contributed by atoms with van der Waals surface area (Å²) in [5, 5.41) is 6.59. The van der Waals surface area contributed by atoms with Crippen molar-refractivity contribution in [2.24, 2.45) is 4.99 Å². The van der Waals surface area contributed by atoms with Crippen molar-refractivity contribution in [1.29, 1.82) is 0 Å². The van der Waals surface area contributed by atoms with Gasteiger partial charge in [0, 0.05) is 17.7 Å². The lowest BCUT2D eigenvalue weighted by molar-refractivity contribution is 0.899. The molecule has 0 unspecified atom stereocenters. The topological polar surface area (TPSA) is 30.2 Å². The van der Waals surface area contributed by atoms with Gasteiger partial charge in [0.25, 0.3) is 0 Å². The SMILES string of the molecule is c1ccc2c(c1)cnn2C1=NCCCS1. The molecule has 15 heavy (non-hydrogen) atoms. The molecule has 1 aliphatic rings. The Kier molecular flexibility index (Phi) is 2.21. The lowest BCUT2D eigenvalue weighted by atomic mass is 10.3. The Hall–Kier alpha value is -1.29. The number of benzene rings is 1. The van der Waals surface area contributed by atoms with Gasteiger partial charge in [-0.2, -0.15) is 5.10 Å². The third-order valence-electron chi connectivity index (χ3n) is 2.44. The highest BCUT2D eigenvalue weighted by molar-refractivity contribution is 8.13. The molecule has 4 heteroatoms. The molecule has 0 aliphatic carbocycles. The molecule has 0 N–H and O–H groups in total. The van der Waals surface area contributed by atoms with Crippen LogP contribution in [-0.4, -0.2) is 27.2 Å². The van der Waals surface area contributed by atoms with Crippen LogP contribution >= 0.6 is 11.8 Å². The van der Waals surface area contributed by atoms with Gasteiger partial charge in [-0.15, -0.1) is 0 Å². The fraction of sp³-hybridized carbons (Fsp3) is 0.273. The van der Waals surface area contributed by atoms with Crippen molar-refractivity contribution in [2.75, 3.05) is 12.3 Å². The summed E-state index contributed by atoms with van der Waals surface area (Å²) < 4.78 is 1.94. The van der Waals surface area contributed by atoms with Gasteiger partial charge < -0.3 is 0 Å². The Labute approximate surface area is 92.2 Å². The molecular formula is C11H11N3S. The standard InChI is InChI=1S/C11H11N3S/c1-2-5-10-9(4-1)8-13-14(10)11-12-6-3-7-15-11/h1-2,4-5,8H,3,6-7H2. The van der Waals surface area contributed by atoms with Crippen LogP contribution in [0.15, 0.2) is 35.5 Å². The summed E-state index contributed by atoms with van der Waals surface area (Å²) in [4.78, 5) is 4.50. The third-order valence-corrected chi connectivity index (χ3v) is 3.49. The number of rotatable bonds is 0. The van der Waals surface area contributed by atoms with Gasteiger partial charge in [0.05, 0.1) is 11.7 Å². The molecule has 0 amide bonds. The number of fused-ring (bicyclic) bond motifs is 1. The van der Waals surface area contributed by atoms with E-state index < -0.39 is 0 Å². The van der Waals surface area contributed by atoms with E-state index in [-0.39, 0.29) is 0 Å². The van der Waals surface area contributed by atoms with Crippen molar-refractivity contribution in [3.05, 3.63) is 30.5 Å². The first-order chi connectivity index (χ1) is 7.45.